The van der Waals surface area contributed by atoms with Crippen molar-refractivity contribution in [2.75, 3.05) is 13.2 Å². The highest BCUT2D eigenvalue weighted by Gasteiger charge is 2.44. The van der Waals surface area contributed by atoms with Gasteiger partial charge in [-0.25, -0.2) is 0 Å². The van der Waals surface area contributed by atoms with E-state index in [1.54, 1.807) is 0 Å². The maximum absolute atomic E-state index is 13.1. The number of aliphatic hydroxyl groups is 5. The van der Waals surface area contributed by atoms with Crippen LogP contribution in [0, 0.1) is 0 Å². The van der Waals surface area contributed by atoms with Gasteiger partial charge in [0.1, 0.15) is 24.4 Å². The number of nitrogens with one attached hydrogen (secondary N) is 1. The number of unbranched alkanes of at least 4 members (excludes halogenated alkanes) is 48. The van der Waals surface area contributed by atoms with Gasteiger partial charge in [0.15, 0.2) is 6.29 Å². The number of aliphatic hydroxyl groups excluding tert-OH is 5. The maximum atomic E-state index is 13.1. The second kappa shape index (κ2) is 54.5. The number of carbonyl (C=O) groups is 1. The molecule has 7 atom stereocenters. The van der Waals surface area contributed by atoms with Crippen molar-refractivity contribution in [3.05, 3.63) is 0 Å². The Kier molecular flexibility index (Phi) is 52.5. The molecule has 0 aliphatic carbocycles. The number of rotatable bonds is 58. The fraction of sp³-hybridized carbons (Fsp3) is 0.984. The smallest absolute Gasteiger partial charge is 0.220 e. The van der Waals surface area contributed by atoms with Crippen LogP contribution in [0.15, 0.2) is 0 Å². The van der Waals surface area contributed by atoms with Gasteiger partial charge < -0.3 is 40.3 Å². The molecule has 6 N–H and O–H groups in total. The lowest BCUT2D eigenvalue weighted by atomic mass is 9.99. The third-order valence-electron chi connectivity index (χ3n) is 16.2. The minimum absolute atomic E-state index is 0.130. The molecule has 0 aromatic rings. The van der Waals surface area contributed by atoms with Gasteiger partial charge in [-0.2, -0.15) is 0 Å². The topological polar surface area (TPSA) is 149 Å². The standard InChI is InChI=1S/C64H127NO8/c1-3-5-7-9-11-13-15-17-19-21-23-25-27-29-31-33-35-37-39-41-43-45-47-49-51-53-58(67)57(56-72-64-63(71)62(70)61(69)59(55-66)73-64)65-60(68)54-52-50-48-46-44-42-40-38-36-34-32-30-28-26-24-22-20-18-16-14-12-10-8-6-4-2/h57-59,61-64,66-67,69-71H,3-56H2,1-2H3,(H,65,68). The zero-order chi connectivity index (χ0) is 52.9. The predicted molar refractivity (Wildman–Crippen MR) is 309 cm³/mol. The van der Waals surface area contributed by atoms with Crippen molar-refractivity contribution in [2.45, 2.75) is 391 Å². The van der Waals surface area contributed by atoms with Gasteiger partial charge in [-0.3, -0.25) is 4.79 Å². The molecule has 73 heavy (non-hydrogen) atoms. The highest BCUT2D eigenvalue weighted by molar-refractivity contribution is 5.76. The van der Waals surface area contributed by atoms with Crippen LogP contribution in [-0.2, 0) is 14.3 Å². The Morgan fingerprint density at radius 2 is 0.685 bits per heavy atom. The van der Waals surface area contributed by atoms with Crippen molar-refractivity contribution in [3.63, 3.8) is 0 Å². The average molecular weight is 1040 g/mol. The molecule has 0 aromatic carbocycles. The molecule has 0 aromatic heterocycles. The number of hydrogen-bond acceptors (Lipinski definition) is 8. The van der Waals surface area contributed by atoms with Gasteiger partial charge in [-0.05, 0) is 12.8 Å². The summed E-state index contributed by atoms with van der Waals surface area (Å²) in [4.78, 5) is 13.1. The summed E-state index contributed by atoms with van der Waals surface area (Å²) in [6.45, 7) is 3.90. The first kappa shape index (κ1) is 70.2. The Balaban J connectivity index is 2.13. The molecule has 7 unspecified atom stereocenters. The minimum atomic E-state index is -1.55. The molecule has 0 radical (unpaired) electrons. The summed E-state index contributed by atoms with van der Waals surface area (Å²) in [5.41, 5.74) is 0. The zero-order valence-electron chi connectivity index (χ0n) is 48.7. The molecule has 9 heteroatoms. The highest BCUT2D eigenvalue weighted by atomic mass is 16.7. The van der Waals surface area contributed by atoms with Crippen LogP contribution in [0.4, 0.5) is 0 Å². The monoisotopic (exact) mass is 1040 g/mol. The molecule has 1 heterocycles. The Morgan fingerprint density at radius 1 is 0.411 bits per heavy atom. The Morgan fingerprint density at radius 3 is 0.973 bits per heavy atom. The molecule has 9 nitrogen and oxygen atoms in total. The molecular weight excluding hydrogens is 911 g/mol. The van der Waals surface area contributed by atoms with Crippen molar-refractivity contribution < 1.29 is 39.8 Å². The number of amides is 1. The van der Waals surface area contributed by atoms with E-state index in [1.807, 2.05) is 0 Å². The van der Waals surface area contributed by atoms with E-state index in [2.05, 4.69) is 19.2 Å². The summed E-state index contributed by atoms with van der Waals surface area (Å²) < 4.78 is 11.4. The lowest BCUT2D eigenvalue weighted by Crippen LogP contribution is -2.60. The number of ether oxygens (including phenoxy) is 2. The van der Waals surface area contributed by atoms with Crippen LogP contribution in [0.25, 0.3) is 0 Å². The van der Waals surface area contributed by atoms with Crippen molar-refractivity contribution in [2.24, 2.45) is 0 Å². The van der Waals surface area contributed by atoms with Gasteiger partial charge in [0.25, 0.3) is 0 Å². The van der Waals surface area contributed by atoms with Crippen LogP contribution in [0.1, 0.15) is 348 Å². The van der Waals surface area contributed by atoms with E-state index in [-0.39, 0.29) is 12.5 Å². The van der Waals surface area contributed by atoms with Crippen molar-refractivity contribution in [3.8, 4) is 0 Å². The lowest BCUT2D eigenvalue weighted by molar-refractivity contribution is -0.302. The van der Waals surface area contributed by atoms with E-state index in [9.17, 15) is 30.3 Å². The summed E-state index contributed by atoms with van der Waals surface area (Å²) in [5.74, 6) is -0.134. The van der Waals surface area contributed by atoms with Gasteiger partial charge in [0.2, 0.25) is 5.91 Å². The maximum Gasteiger partial charge on any atom is 0.220 e. The molecule has 0 spiro atoms. The first-order chi connectivity index (χ1) is 35.8. The largest absolute Gasteiger partial charge is 0.394 e. The van der Waals surface area contributed by atoms with Gasteiger partial charge in [0.05, 0.1) is 25.4 Å². The zero-order valence-corrected chi connectivity index (χ0v) is 48.7. The van der Waals surface area contributed by atoms with Crippen molar-refractivity contribution in [1.29, 1.82) is 0 Å². The summed E-state index contributed by atoms with van der Waals surface area (Å²) in [6.07, 6.45) is 60.1. The van der Waals surface area contributed by atoms with Crippen LogP contribution in [-0.4, -0.2) is 87.5 Å². The molecule has 436 valence electrons. The lowest BCUT2D eigenvalue weighted by Gasteiger charge is -2.40. The van der Waals surface area contributed by atoms with Crippen LogP contribution >= 0.6 is 0 Å². The van der Waals surface area contributed by atoms with E-state index < -0.39 is 49.5 Å². The van der Waals surface area contributed by atoms with E-state index in [1.165, 1.54) is 283 Å². The van der Waals surface area contributed by atoms with Gasteiger partial charge in [0, 0.05) is 6.42 Å². The van der Waals surface area contributed by atoms with E-state index in [0.717, 1.165) is 38.5 Å². The third-order valence-corrected chi connectivity index (χ3v) is 16.2. The molecule has 0 saturated carbocycles. The fourth-order valence-electron chi connectivity index (χ4n) is 11.0. The fourth-order valence-corrected chi connectivity index (χ4v) is 11.0. The van der Waals surface area contributed by atoms with Crippen LogP contribution in [0.2, 0.25) is 0 Å². The highest BCUT2D eigenvalue weighted by Crippen LogP contribution is 2.24. The number of hydrogen-bond donors (Lipinski definition) is 6. The molecule has 1 rings (SSSR count). The Hall–Kier alpha value is -0.810. The summed E-state index contributed by atoms with van der Waals surface area (Å²) in [7, 11) is 0. The van der Waals surface area contributed by atoms with Crippen LogP contribution < -0.4 is 5.32 Å². The minimum Gasteiger partial charge on any atom is -0.394 e. The second-order valence-corrected chi connectivity index (χ2v) is 23.3. The van der Waals surface area contributed by atoms with E-state index in [4.69, 9.17) is 9.47 Å². The molecule has 1 aliphatic rings. The summed E-state index contributed by atoms with van der Waals surface area (Å²) >= 11 is 0. The Labute approximate surface area is 453 Å². The number of carbonyl (C=O) groups excluding carboxylic acids is 1. The van der Waals surface area contributed by atoms with Crippen molar-refractivity contribution >= 4 is 5.91 Å². The first-order valence-corrected chi connectivity index (χ1v) is 32.7. The summed E-state index contributed by atoms with van der Waals surface area (Å²) in [5, 5.41) is 54.9. The normalized spacial score (nSPS) is 18.9. The molecule has 1 amide bonds. The van der Waals surface area contributed by atoms with Crippen LogP contribution in [0.3, 0.4) is 0 Å². The second-order valence-electron chi connectivity index (χ2n) is 23.3. The van der Waals surface area contributed by atoms with E-state index >= 15 is 0 Å². The Bertz CT molecular complexity index is 1110. The molecule has 1 aliphatic heterocycles. The van der Waals surface area contributed by atoms with Crippen molar-refractivity contribution in [1.82, 2.24) is 5.32 Å². The van der Waals surface area contributed by atoms with Gasteiger partial charge in [-0.1, -0.05) is 328 Å². The van der Waals surface area contributed by atoms with E-state index in [0.29, 0.717) is 12.8 Å². The quantitative estimate of drug-likeness (QED) is 0.0330. The first-order valence-electron chi connectivity index (χ1n) is 32.7. The molecule has 1 saturated heterocycles. The SMILES string of the molecule is CCCCCCCCCCCCCCCCCCCCCCCCCCCC(=O)NC(COC1OC(CO)C(O)C(O)C1O)C(O)CCCCCCCCCCCCCCCCCCCCCCCCCCC. The predicted octanol–water partition coefficient (Wildman–Crippen LogP) is 17.0. The van der Waals surface area contributed by atoms with Gasteiger partial charge >= 0.3 is 0 Å². The van der Waals surface area contributed by atoms with Gasteiger partial charge in [-0.15, -0.1) is 0 Å². The third kappa shape index (κ3) is 43.8. The molecule has 0 bridgehead atoms. The average Bonchev–Trinajstić information content (AvgIpc) is 3.39. The van der Waals surface area contributed by atoms with Crippen LogP contribution in [0.5, 0.6) is 0 Å². The molecular formula is C64H127NO8. The molecule has 1 fully saturated rings. The summed E-state index contributed by atoms with van der Waals surface area (Å²) in [6, 6.07) is -0.714.